The van der Waals surface area contributed by atoms with Gasteiger partial charge in [0.2, 0.25) is 0 Å². The standard InChI is InChI=1S/C47H34N2/c1-31-22-23-36(47-48-27-26-46(49-47)35-15-11-14-33(28-35)32-12-3-2-4-13-32)30-44(31)38-17-6-5-16-37(38)34-24-25-43-41-20-8-7-18-39(41)40-19-9-10-21-42(40)45(43)29-34/h2-31,44H,1H3. The summed E-state index contributed by atoms with van der Waals surface area (Å²) in [5.74, 6) is 1.24. The van der Waals surface area contributed by atoms with Crippen molar-refractivity contribution in [2.75, 3.05) is 0 Å². The first-order chi connectivity index (χ1) is 24.2. The summed E-state index contributed by atoms with van der Waals surface area (Å²) in [6, 6.07) is 54.5. The van der Waals surface area contributed by atoms with E-state index in [1.165, 1.54) is 60.1 Å². The predicted molar refractivity (Wildman–Crippen MR) is 206 cm³/mol. The zero-order valence-electron chi connectivity index (χ0n) is 27.3. The van der Waals surface area contributed by atoms with Gasteiger partial charge in [0, 0.05) is 23.3 Å². The molecule has 232 valence electrons. The van der Waals surface area contributed by atoms with Crippen LogP contribution in [0.15, 0.2) is 176 Å². The van der Waals surface area contributed by atoms with Crippen LogP contribution in [0.5, 0.6) is 0 Å². The summed E-state index contributed by atoms with van der Waals surface area (Å²) in [4.78, 5) is 9.85. The highest BCUT2D eigenvalue weighted by molar-refractivity contribution is 6.25. The van der Waals surface area contributed by atoms with Gasteiger partial charge in [0.05, 0.1) is 5.69 Å². The van der Waals surface area contributed by atoms with Crippen molar-refractivity contribution in [1.82, 2.24) is 9.97 Å². The molecule has 1 aromatic heterocycles. The maximum Gasteiger partial charge on any atom is 0.159 e. The number of fused-ring (bicyclic) bond motifs is 6. The molecule has 2 unspecified atom stereocenters. The van der Waals surface area contributed by atoms with Crippen LogP contribution in [0.4, 0.5) is 0 Å². The first-order valence-corrected chi connectivity index (χ1v) is 17.0. The molecule has 2 atom stereocenters. The molecule has 9 rings (SSSR count). The van der Waals surface area contributed by atoms with Crippen molar-refractivity contribution in [2.24, 2.45) is 5.92 Å². The average molecular weight is 627 g/mol. The van der Waals surface area contributed by atoms with Gasteiger partial charge in [0.1, 0.15) is 0 Å². The zero-order valence-corrected chi connectivity index (χ0v) is 27.3. The Kier molecular flexibility index (Phi) is 7.21. The van der Waals surface area contributed by atoms with E-state index in [1.54, 1.807) is 0 Å². The van der Waals surface area contributed by atoms with Crippen LogP contribution in [0.25, 0.3) is 71.4 Å². The maximum atomic E-state index is 5.09. The monoisotopic (exact) mass is 626 g/mol. The van der Waals surface area contributed by atoms with Crippen LogP contribution in [0.2, 0.25) is 0 Å². The van der Waals surface area contributed by atoms with Gasteiger partial charge in [-0.2, -0.15) is 0 Å². The minimum atomic E-state index is 0.175. The van der Waals surface area contributed by atoms with Crippen molar-refractivity contribution in [2.45, 2.75) is 12.8 Å². The lowest BCUT2D eigenvalue weighted by Crippen LogP contribution is -2.11. The fraction of sp³-hybridized carbons (Fsp3) is 0.0638. The quantitative estimate of drug-likeness (QED) is 0.178. The molecule has 0 amide bonds. The van der Waals surface area contributed by atoms with Crippen LogP contribution in [-0.2, 0) is 0 Å². The summed E-state index contributed by atoms with van der Waals surface area (Å²) in [6.07, 6.45) is 8.75. The fourth-order valence-corrected chi connectivity index (χ4v) is 7.57. The average Bonchev–Trinajstić information content (AvgIpc) is 3.18. The van der Waals surface area contributed by atoms with Crippen LogP contribution < -0.4 is 0 Å². The molecule has 2 heteroatoms. The van der Waals surface area contributed by atoms with Crippen molar-refractivity contribution >= 4 is 37.9 Å². The van der Waals surface area contributed by atoms with E-state index in [0.717, 1.165) is 22.7 Å². The highest BCUT2D eigenvalue weighted by Crippen LogP contribution is 2.42. The summed E-state index contributed by atoms with van der Waals surface area (Å²) in [5, 5.41) is 7.76. The number of allylic oxidation sites excluding steroid dienone is 4. The Balaban J connectivity index is 1.11. The summed E-state index contributed by atoms with van der Waals surface area (Å²) in [6.45, 7) is 2.30. The number of hydrogen-bond acceptors (Lipinski definition) is 2. The highest BCUT2D eigenvalue weighted by Gasteiger charge is 2.24. The Morgan fingerprint density at radius 1 is 0.490 bits per heavy atom. The highest BCUT2D eigenvalue weighted by atomic mass is 14.9. The second-order valence-electron chi connectivity index (χ2n) is 13.0. The Hall–Kier alpha value is -6.12. The molecule has 7 aromatic carbocycles. The molecule has 0 radical (unpaired) electrons. The van der Waals surface area contributed by atoms with Crippen molar-refractivity contribution in [3.8, 4) is 33.5 Å². The zero-order chi connectivity index (χ0) is 32.7. The van der Waals surface area contributed by atoms with Gasteiger partial charge in [0.15, 0.2) is 5.82 Å². The largest absolute Gasteiger partial charge is 0.237 e. The molecule has 0 N–H and O–H groups in total. The van der Waals surface area contributed by atoms with Gasteiger partial charge in [-0.1, -0.05) is 159 Å². The van der Waals surface area contributed by atoms with Crippen molar-refractivity contribution in [3.05, 3.63) is 187 Å². The molecule has 1 heterocycles. The molecular formula is C47H34N2. The molecule has 0 fully saturated rings. The normalized spacial score (nSPS) is 15.9. The first kappa shape index (κ1) is 29.1. The minimum Gasteiger partial charge on any atom is -0.237 e. The van der Waals surface area contributed by atoms with Crippen molar-refractivity contribution in [1.29, 1.82) is 0 Å². The minimum absolute atomic E-state index is 0.175. The van der Waals surface area contributed by atoms with E-state index in [2.05, 4.69) is 165 Å². The summed E-state index contributed by atoms with van der Waals surface area (Å²) in [5.41, 5.74) is 9.23. The first-order valence-electron chi connectivity index (χ1n) is 17.0. The molecule has 0 bridgehead atoms. The molecule has 49 heavy (non-hydrogen) atoms. The maximum absolute atomic E-state index is 5.09. The topological polar surface area (TPSA) is 25.8 Å². The number of hydrogen-bond donors (Lipinski definition) is 0. The third-order valence-corrected chi connectivity index (χ3v) is 10.1. The van der Waals surface area contributed by atoms with E-state index in [0.29, 0.717) is 5.92 Å². The summed E-state index contributed by atoms with van der Waals surface area (Å²) < 4.78 is 0. The van der Waals surface area contributed by atoms with Gasteiger partial charge in [-0.3, -0.25) is 0 Å². The van der Waals surface area contributed by atoms with E-state index < -0.39 is 0 Å². The number of aromatic nitrogens is 2. The molecule has 8 aromatic rings. The smallest absolute Gasteiger partial charge is 0.159 e. The Morgan fingerprint density at radius 3 is 1.90 bits per heavy atom. The lowest BCUT2D eigenvalue weighted by atomic mass is 9.78. The van der Waals surface area contributed by atoms with E-state index in [1.807, 2.05) is 18.3 Å². The molecule has 0 saturated heterocycles. The Labute approximate surface area is 286 Å². The molecule has 0 spiro atoms. The van der Waals surface area contributed by atoms with Gasteiger partial charge in [-0.15, -0.1) is 0 Å². The molecule has 0 saturated carbocycles. The van der Waals surface area contributed by atoms with Gasteiger partial charge in [-0.05, 0) is 84.3 Å². The van der Waals surface area contributed by atoms with Crippen molar-refractivity contribution in [3.63, 3.8) is 0 Å². The van der Waals surface area contributed by atoms with Gasteiger partial charge in [-0.25, -0.2) is 9.97 Å². The van der Waals surface area contributed by atoms with E-state index in [-0.39, 0.29) is 5.92 Å². The third-order valence-electron chi connectivity index (χ3n) is 10.1. The predicted octanol–water partition coefficient (Wildman–Crippen LogP) is 12.3. The number of rotatable bonds is 5. The fourth-order valence-electron chi connectivity index (χ4n) is 7.57. The van der Waals surface area contributed by atoms with E-state index >= 15 is 0 Å². The number of nitrogens with zero attached hydrogens (tertiary/aromatic N) is 2. The molecule has 1 aliphatic carbocycles. The Bertz CT molecular complexity index is 2540. The van der Waals surface area contributed by atoms with Crippen LogP contribution in [0.1, 0.15) is 24.2 Å². The van der Waals surface area contributed by atoms with Crippen LogP contribution in [0, 0.1) is 5.92 Å². The van der Waals surface area contributed by atoms with Gasteiger partial charge >= 0.3 is 0 Å². The second kappa shape index (κ2) is 12.2. The van der Waals surface area contributed by atoms with E-state index in [9.17, 15) is 0 Å². The third kappa shape index (κ3) is 5.23. The molecule has 0 aliphatic heterocycles. The summed E-state index contributed by atoms with van der Waals surface area (Å²) >= 11 is 0. The van der Waals surface area contributed by atoms with Gasteiger partial charge < -0.3 is 0 Å². The van der Waals surface area contributed by atoms with Crippen LogP contribution in [0.3, 0.4) is 0 Å². The van der Waals surface area contributed by atoms with Crippen LogP contribution in [-0.4, -0.2) is 9.97 Å². The molecule has 1 aliphatic rings. The summed E-state index contributed by atoms with van der Waals surface area (Å²) in [7, 11) is 0. The lowest BCUT2D eigenvalue weighted by molar-refractivity contribution is 0.638. The number of benzene rings is 7. The van der Waals surface area contributed by atoms with Crippen molar-refractivity contribution < 1.29 is 0 Å². The molecular weight excluding hydrogens is 593 g/mol. The van der Waals surface area contributed by atoms with Crippen LogP contribution >= 0.6 is 0 Å². The molecule has 2 nitrogen and oxygen atoms in total. The lowest BCUT2D eigenvalue weighted by Gasteiger charge is -2.26. The van der Waals surface area contributed by atoms with Gasteiger partial charge in [0.25, 0.3) is 0 Å². The Morgan fingerprint density at radius 2 is 1.12 bits per heavy atom. The second-order valence-corrected chi connectivity index (χ2v) is 13.0. The van der Waals surface area contributed by atoms with E-state index in [4.69, 9.17) is 9.97 Å². The SMILES string of the molecule is CC1C=CC(c2nccc(-c3cccc(-c4ccccc4)c3)n2)=CC1c1ccccc1-c1ccc2c3ccccc3c3ccccc3c2c1.